The number of nitrogens with zero attached hydrogens (tertiary/aromatic N) is 2. The zero-order valence-corrected chi connectivity index (χ0v) is 18.2. The van der Waals surface area contributed by atoms with Gasteiger partial charge in [-0.3, -0.25) is 4.79 Å². The van der Waals surface area contributed by atoms with Gasteiger partial charge in [0.2, 0.25) is 5.75 Å². The summed E-state index contributed by atoms with van der Waals surface area (Å²) in [5.74, 6) is 1.18. The minimum atomic E-state index is -0.428. The second-order valence-electron chi connectivity index (χ2n) is 7.94. The number of ether oxygens (including phenoxy) is 3. The van der Waals surface area contributed by atoms with Gasteiger partial charge in [0.15, 0.2) is 11.5 Å². The maximum Gasteiger partial charge on any atom is 0.251 e. The van der Waals surface area contributed by atoms with Crippen LogP contribution in [-0.2, 0) is 0 Å². The van der Waals surface area contributed by atoms with Gasteiger partial charge in [-0.05, 0) is 51.0 Å². The molecule has 2 aliphatic rings. The van der Waals surface area contributed by atoms with E-state index in [9.17, 15) is 9.90 Å². The quantitative estimate of drug-likeness (QED) is 0.746. The first-order valence-corrected chi connectivity index (χ1v) is 10.9. The van der Waals surface area contributed by atoms with Crippen molar-refractivity contribution in [3.05, 3.63) is 17.7 Å². The first kappa shape index (κ1) is 22.7. The Balaban J connectivity index is 1.76. The molecule has 1 aromatic rings. The maximum absolute atomic E-state index is 12.7. The minimum absolute atomic E-state index is 0.163. The number of amides is 1. The van der Waals surface area contributed by atoms with Crippen LogP contribution in [0.25, 0.3) is 0 Å². The molecule has 8 heteroatoms. The number of hydrogen-bond donors (Lipinski definition) is 2. The summed E-state index contributed by atoms with van der Waals surface area (Å²) in [5, 5.41) is 13.4. The largest absolute Gasteiger partial charge is 0.493 e. The average molecular weight is 422 g/mol. The van der Waals surface area contributed by atoms with Gasteiger partial charge in [0, 0.05) is 38.2 Å². The second-order valence-corrected chi connectivity index (χ2v) is 7.94. The highest BCUT2D eigenvalue weighted by molar-refractivity contribution is 5.95. The van der Waals surface area contributed by atoms with Crippen molar-refractivity contribution in [2.24, 2.45) is 0 Å². The van der Waals surface area contributed by atoms with Crippen LogP contribution in [0.5, 0.6) is 17.2 Å². The Morgan fingerprint density at radius 3 is 2.47 bits per heavy atom. The summed E-state index contributed by atoms with van der Waals surface area (Å²) in [4.78, 5) is 17.6. The molecule has 8 nitrogen and oxygen atoms in total. The highest BCUT2D eigenvalue weighted by Crippen LogP contribution is 2.38. The molecule has 1 amide bonds. The summed E-state index contributed by atoms with van der Waals surface area (Å²) >= 11 is 0. The van der Waals surface area contributed by atoms with Crippen LogP contribution in [0.3, 0.4) is 0 Å². The van der Waals surface area contributed by atoms with Crippen molar-refractivity contribution in [3.8, 4) is 17.2 Å². The predicted octanol–water partition coefficient (Wildman–Crippen LogP) is 1.36. The number of carbonyl (C=O) groups excluding carboxylic acids is 1. The van der Waals surface area contributed by atoms with Crippen LogP contribution in [-0.4, -0.2) is 93.6 Å². The van der Waals surface area contributed by atoms with Crippen molar-refractivity contribution >= 4 is 5.91 Å². The van der Waals surface area contributed by atoms with Crippen LogP contribution in [0.1, 0.15) is 36.0 Å². The van der Waals surface area contributed by atoms with E-state index in [1.165, 1.54) is 7.11 Å². The molecule has 0 aliphatic carbocycles. The smallest absolute Gasteiger partial charge is 0.251 e. The Kier molecular flexibility index (Phi) is 8.60. The molecule has 2 N–H and O–H groups in total. The predicted molar refractivity (Wildman–Crippen MR) is 115 cm³/mol. The van der Waals surface area contributed by atoms with E-state index in [2.05, 4.69) is 15.1 Å². The Bertz CT molecular complexity index is 700. The van der Waals surface area contributed by atoms with E-state index in [4.69, 9.17) is 14.2 Å². The Morgan fingerprint density at radius 1 is 1.00 bits per heavy atom. The second kappa shape index (κ2) is 11.4. The number of rotatable bonds is 2. The van der Waals surface area contributed by atoms with Gasteiger partial charge >= 0.3 is 0 Å². The SMILES string of the molecule is COc1cc2cc(c1OC)OCCC(O)CCN1CCCN(CCCNC2=O)CC1. The highest BCUT2D eigenvalue weighted by Gasteiger charge is 2.19. The van der Waals surface area contributed by atoms with E-state index in [1.54, 1.807) is 19.2 Å². The van der Waals surface area contributed by atoms with E-state index >= 15 is 0 Å². The number of aliphatic hydroxyl groups is 1. The lowest BCUT2D eigenvalue weighted by molar-refractivity contribution is 0.0948. The zero-order valence-electron chi connectivity index (χ0n) is 18.2. The van der Waals surface area contributed by atoms with Gasteiger partial charge in [-0.25, -0.2) is 0 Å². The minimum Gasteiger partial charge on any atom is -0.493 e. The lowest BCUT2D eigenvalue weighted by atomic mass is 10.1. The fourth-order valence-corrected chi connectivity index (χ4v) is 4.03. The van der Waals surface area contributed by atoms with E-state index in [-0.39, 0.29) is 5.91 Å². The molecule has 2 heterocycles. The Labute approximate surface area is 179 Å². The summed E-state index contributed by atoms with van der Waals surface area (Å²) in [5.41, 5.74) is 0.467. The molecule has 168 valence electrons. The fourth-order valence-electron chi connectivity index (χ4n) is 4.03. The molecule has 0 saturated carbocycles. The molecule has 3 atom stereocenters. The lowest BCUT2D eigenvalue weighted by Crippen LogP contribution is -2.34. The van der Waals surface area contributed by atoms with E-state index in [0.717, 1.165) is 58.5 Å². The van der Waals surface area contributed by atoms with Gasteiger partial charge in [-0.2, -0.15) is 0 Å². The first-order chi connectivity index (χ1) is 14.6. The normalized spacial score (nSPS) is 26.5. The van der Waals surface area contributed by atoms with Gasteiger partial charge < -0.3 is 34.4 Å². The third kappa shape index (κ3) is 6.23. The number of benzene rings is 1. The topological polar surface area (TPSA) is 83.5 Å². The van der Waals surface area contributed by atoms with Gasteiger partial charge in [0.25, 0.3) is 5.91 Å². The molecule has 3 rings (SSSR count). The molecule has 3 unspecified atom stereocenters. The summed E-state index contributed by atoms with van der Waals surface area (Å²) in [6.07, 6.45) is 2.86. The maximum atomic E-state index is 12.7. The van der Waals surface area contributed by atoms with E-state index < -0.39 is 6.10 Å². The summed E-state index contributed by atoms with van der Waals surface area (Å²) < 4.78 is 16.7. The highest BCUT2D eigenvalue weighted by atomic mass is 16.5. The molecule has 0 radical (unpaired) electrons. The number of hydrogen-bond acceptors (Lipinski definition) is 7. The Morgan fingerprint density at radius 2 is 1.73 bits per heavy atom. The van der Waals surface area contributed by atoms with E-state index in [1.807, 2.05) is 0 Å². The van der Waals surface area contributed by atoms with Crippen LogP contribution < -0.4 is 19.5 Å². The number of carbonyl (C=O) groups is 1. The molecular formula is C22H35N3O5. The number of nitrogens with one attached hydrogen (secondary N) is 1. The van der Waals surface area contributed by atoms with Crippen molar-refractivity contribution in [2.45, 2.75) is 31.8 Å². The third-order valence-electron chi connectivity index (χ3n) is 5.81. The molecule has 1 fully saturated rings. The Hall–Kier alpha value is -2.03. The van der Waals surface area contributed by atoms with Crippen molar-refractivity contribution in [1.82, 2.24) is 15.1 Å². The van der Waals surface area contributed by atoms with Crippen LogP contribution in [0, 0.1) is 0 Å². The van der Waals surface area contributed by atoms with Crippen LogP contribution >= 0.6 is 0 Å². The molecule has 0 spiro atoms. The monoisotopic (exact) mass is 421 g/mol. The van der Waals surface area contributed by atoms with Gasteiger partial charge in [0.1, 0.15) is 0 Å². The van der Waals surface area contributed by atoms with Crippen LogP contribution in [0.15, 0.2) is 12.1 Å². The molecular weight excluding hydrogens is 386 g/mol. The van der Waals surface area contributed by atoms with Crippen molar-refractivity contribution in [2.75, 3.05) is 66.6 Å². The number of aliphatic hydroxyl groups excluding tert-OH is 1. The van der Waals surface area contributed by atoms with Crippen molar-refractivity contribution < 1.29 is 24.1 Å². The molecule has 2 aliphatic heterocycles. The van der Waals surface area contributed by atoms with E-state index in [0.29, 0.717) is 42.4 Å². The lowest BCUT2D eigenvalue weighted by Gasteiger charge is -2.23. The van der Waals surface area contributed by atoms with Gasteiger partial charge in [-0.15, -0.1) is 0 Å². The average Bonchev–Trinajstić information content (AvgIpc) is 2.99. The molecule has 1 saturated heterocycles. The van der Waals surface area contributed by atoms with Gasteiger partial charge in [0.05, 0.1) is 26.9 Å². The van der Waals surface area contributed by atoms with Gasteiger partial charge in [-0.1, -0.05) is 0 Å². The standard InChI is InChI=1S/C22H35N3O5/c1-28-19-15-17-16-20(21(19)29-2)30-14-6-18(26)5-11-25-10-4-9-24(12-13-25)8-3-7-23-22(17)27/h15-16,18,26H,3-14H2,1-2H3,(H,23,27). The molecule has 0 aromatic heterocycles. The van der Waals surface area contributed by atoms with Crippen molar-refractivity contribution in [3.63, 3.8) is 0 Å². The third-order valence-corrected chi connectivity index (χ3v) is 5.81. The number of fused-ring (bicyclic) bond motifs is 5. The van der Waals surface area contributed by atoms with Crippen LogP contribution in [0.2, 0.25) is 0 Å². The zero-order chi connectivity index (χ0) is 21.3. The molecule has 30 heavy (non-hydrogen) atoms. The van der Waals surface area contributed by atoms with Crippen LogP contribution in [0.4, 0.5) is 0 Å². The molecule has 1 aromatic carbocycles. The van der Waals surface area contributed by atoms with Crippen molar-refractivity contribution in [1.29, 1.82) is 0 Å². The summed E-state index contributed by atoms with van der Waals surface area (Å²) in [7, 11) is 3.08. The summed E-state index contributed by atoms with van der Waals surface area (Å²) in [6, 6.07) is 3.34. The number of methoxy groups -OCH3 is 2. The summed E-state index contributed by atoms with van der Waals surface area (Å²) in [6.45, 7) is 7.03. The molecule has 4 bridgehead atoms. The fraction of sp³-hybridized carbons (Fsp3) is 0.682. The first-order valence-electron chi connectivity index (χ1n) is 10.9.